The number of terminal acetylenes is 1. The number of nitrogens with two attached hydrogens (primary N) is 1. The number of nitrogens with zero attached hydrogens (tertiary/aromatic N) is 4. The molecule has 4 heterocycles. The van der Waals surface area contributed by atoms with E-state index in [9.17, 15) is 43.7 Å². The van der Waals surface area contributed by atoms with Crippen molar-refractivity contribution in [2.24, 2.45) is 0 Å². The molecule has 0 radical (unpaired) electrons. The predicted molar refractivity (Wildman–Crippen MR) is 165 cm³/mol. The van der Waals surface area contributed by atoms with Crippen molar-refractivity contribution in [2.75, 3.05) is 18.9 Å². The number of thiol groups is 1. The number of ether oxygens (including phenoxy) is 5. The number of fused-ring (bicyclic) bond motifs is 1. The Hall–Kier alpha value is -3.30. The summed E-state index contributed by atoms with van der Waals surface area (Å²) in [6.07, 6.45) is -10.5. The normalized spacial score (nSPS) is 32.2. The number of carbonyl (C=O) groups is 3. The summed E-state index contributed by atoms with van der Waals surface area (Å²) in [4.78, 5) is 57.0. The summed E-state index contributed by atoms with van der Waals surface area (Å²) in [7, 11) is -5.75. The van der Waals surface area contributed by atoms with Crippen LogP contribution in [0.4, 0.5) is 10.2 Å². The number of hydrogen-bond donors (Lipinski definition) is 6. The van der Waals surface area contributed by atoms with E-state index in [2.05, 4.69) is 36.2 Å². The summed E-state index contributed by atoms with van der Waals surface area (Å²) < 4.78 is 82.3. The molecule has 0 aromatic carbocycles. The van der Waals surface area contributed by atoms with Gasteiger partial charge in [-0.2, -0.15) is 4.31 Å². The van der Waals surface area contributed by atoms with E-state index >= 15 is 4.39 Å². The molecule has 0 saturated carbocycles. The maximum atomic E-state index is 15.2. The number of esters is 3. The zero-order valence-electron chi connectivity index (χ0n) is 26.5. The molecule has 6 N–H and O–H groups in total. The fourth-order valence-corrected chi connectivity index (χ4v) is 8.20. The Bertz CT molecular complexity index is 1780. The number of rotatable bonds is 13. The Morgan fingerprint density at radius 1 is 1.14 bits per heavy atom. The van der Waals surface area contributed by atoms with Crippen LogP contribution in [0.3, 0.4) is 0 Å². The second-order valence-electron chi connectivity index (χ2n) is 10.9. The van der Waals surface area contributed by atoms with Gasteiger partial charge in [-0.15, -0.1) is 6.42 Å². The fourth-order valence-electron chi connectivity index (χ4n) is 5.02. The minimum Gasteiger partial charge on any atom is -0.463 e. The summed E-state index contributed by atoms with van der Waals surface area (Å²) in [6, 6.07) is 0. The first kappa shape index (κ1) is 40.5. The predicted octanol–water partition coefficient (Wildman–Crippen LogP) is -0.930. The minimum absolute atomic E-state index is 0.0243. The van der Waals surface area contributed by atoms with Crippen LogP contribution in [0.15, 0.2) is 12.7 Å². The molecule has 4 rings (SSSR count). The van der Waals surface area contributed by atoms with Gasteiger partial charge < -0.3 is 49.6 Å². The van der Waals surface area contributed by atoms with Crippen LogP contribution >= 0.6 is 26.9 Å². The van der Waals surface area contributed by atoms with Gasteiger partial charge in [0.2, 0.25) is 6.29 Å². The number of halogens is 1. The van der Waals surface area contributed by atoms with Gasteiger partial charge in [0, 0.05) is 20.8 Å². The standard InChI is InChI=1S/C25H32FN5O17P2S/c1-5-25(37)20(36)14(45-24(25)31-9-30-15-21(27)28-8-29-22(15)31)7-42-50(40,51)48-49(38,39)47-23-19(44-12(4)34)16(35)18(43-11(3)33)17(46-23)13(26)6-41-10(2)32/h1,8-9,13-14,16-20,23-24,35-37H,6-7H2,2-4H3,(H,38,39)(H,40,51)(H2,27,28,29)/t13-,14+,16?,17?,18?,19?,20+,23?,24+,25+,50?/m0/s1. The Morgan fingerprint density at radius 2 is 1.78 bits per heavy atom. The molecule has 0 spiro atoms. The molecular weight excluding hydrogens is 755 g/mol. The topological polar surface area (TPSA) is 310 Å². The van der Waals surface area contributed by atoms with Crippen molar-refractivity contribution in [3.8, 4) is 12.3 Å². The van der Waals surface area contributed by atoms with Gasteiger partial charge in [-0.1, -0.05) is 18.2 Å². The summed E-state index contributed by atoms with van der Waals surface area (Å²) in [5.41, 5.74) is 3.46. The van der Waals surface area contributed by atoms with Gasteiger partial charge in [0.1, 0.15) is 42.9 Å². The number of aliphatic hydroxyl groups excluding tert-OH is 2. The third-order valence-corrected chi connectivity index (χ3v) is 10.8. The molecular formula is C25H32FN5O17P2S. The first-order valence-electron chi connectivity index (χ1n) is 14.3. The highest BCUT2D eigenvalue weighted by atomic mass is 32.7. The van der Waals surface area contributed by atoms with Gasteiger partial charge in [-0.3, -0.25) is 28.0 Å². The number of nitrogen functional groups attached to an aromatic ring is 1. The number of hydrogen-bond acceptors (Lipinski definition) is 20. The maximum Gasteiger partial charge on any atom is 0.482 e. The number of aromatic nitrogens is 4. The largest absolute Gasteiger partial charge is 0.482 e. The number of anilines is 1. The highest BCUT2D eigenvalue weighted by Crippen LogP contribution is 2.66. The summed E-state index contributed by atoms with van der Waals surface area (Å²) in [6.45, 7) is -4.32. The van der Waals surface area contributed by atoms with E-state index in [1.54, 1.807) is 0 Å². The molecule has 0 amide bonds. The van der Waals surface area contributed by atoms with Gasteiger partial charge >= 0.3 is 32.5 Å². The third-order valence-electron chi connectivity index (χ3n) is 7.16. The SMILES string of the molecule is C#C[C@@]1(O)[C@H](O)[C@@H](COP(=O)(S)OP(=O)(O)OC2OC([C@@H](F)COC(C)=O)C(OC(C)=O)C(O)C2OC(C)=O)O[C@H]1n1cnc2c(N)ncnc21. The van der Waals surface area contributed by atoms with Crippen molar-refractivity contribution in [1.82, 2.24) is 19.5 Å². The second kappa shape index (κ2) is 15.7. The number of aliphatic hydroxyl groups is 3. The molecule has 2 fully saturated rings. The van der Waals surface area contributed by atoms with Crippen LogP contribution in [-0.4, -0.2) is 126 Å². The Morgan fingerprint density at radius 3 is 2.39 bits per heavy atom. The lowest BCUT2D eigenvalue weighted by molar-refractivity contribution is -0.293. The lowest BCUT2D eigenvalue weighted by atomic mass is 9.95. The number of phosphoric ester groups is 1. The second-order valence-corrected chi connectivity index (χ2v) is 15.3. The van der Waals surface area contributed by atoms with Crippen LogP contribution in [0, 0.1) is 12.3 Å². The molecule has 7 unspecified atom stereocenters. The van der Waals surface area contributed by atoms with Crippen molar-refractivity contribution < 1.29 is 85.2 Å². The van der Waals surface area contributed by atoms with Crippen LogP contribution in [0.2, 0.25) is 0 Å². The number of carbonyl (C=O) groups excluding carboxylic acids is 3. The zero-order valence-corrected chi connectivity index (χ0v) is 29.2. The highest BCUT2D eigenvalue weighted by Gasteiger charge is 2.57. The van der Waals surface area contributed by atoms with E-state index < -0.39 is 107 Å². The Kier molecular flexibility index (Phi) is 12.5. The molecule has 12 atom stereocenters. The lowest BCUT2D eigenvalue weighted by Gasteiger charge is -2.43. The number of imidazole rings is 1. The smallest absolute Gasteiger partial charge is 0.463 e. The van der Waals surface area contributed by atoms with E-state index in [-0.39, 0.29) is 17.0 Å². The average Bonchev–Trinajstić information content (AvgIpc) is 3.56. The van der Waals surface area contributed by atoms with E-state index in [4.69, 9.17) is 40.2 Å². The maximum absolute atomic E-state index is 15.2. The van der Waals surface area contributed by atoms with E-state index in [1.165, 1.54) is 0 Å². The van der Waals surface area contributed by atoms with Crippen molar-refractivity contribution in [3.05, 3.63) is 12.7 Å². The first-order valence-corrected chi connectivity index (χ1v) is 18.5. The third kappa shape index (κ3) is 9.20. The van der Waals surface area contributed by atoms with Crippen LogP contribution in [0.1, 0.15) is 27.0 Å². The van der Waals surface area contributed by atoms with Crippen molar-refractivity contribution in [1.29, 1.82) is 0 Å². The van der Waals surface area contributed by atoms with E-state index in [0.29, 0.717) is 0 Å². The van der Waals surface area contributed by atoms with Crippen molar-refractivity contribution >= 4 is 61.8 Å². The molecule has 282 valence electrons. The minimum atomic E-state index is -5.75. The summed E-state index contributed by atoms with van der Waals surface area (Å²) >= 11 is 3.62. The molecule has 0 bridgehead atoms. The molecule has 2 aliphatic rings. The Balaban J connectivity index is 1.50. The van der Waals surface area contributed by atoms with Gasteiger partial charge in [-0.25, -0.2) is 28.5 Å². The van der Waals surface area contributed by atoms with Gasteiger partial charge in [0.05, 0.1) is 12.9 Å². The monoisotopic (exact) mass is 787 g/mol. The van der Waals surface area contributed by atoms with Crippen LogP contribution in [-0.2, 0) is 60.6 Å². The molecule has 22 nitrogen and oxygen atoms in total. The summed E-state index contributed by atoms with van der Waals surface area (Å²) in [5, 5.41) is 32.9. The number of alkyl halides is 1. The molecule has 0 aliphatic carbocycles. The van der Waals surface area contributed by atoms with Crippen LogP contribution < -0.4 is 5.73 Å². The first-order chi connectivity index (χ1) is 23.7. The molecule has 2 aromatic heterocycles. The highest BCUT2D eigenvalue weighted by molar-refractivity contribution is 8.45. The summed E-state index contributed by atoms with van der Waals surface area (Å²) in [5.74, 6) is -1.12. The molecule has 2 aromatic rings. The van der Waals surface area contributed by atoms with Crippen LogP contribution in [0.5, 0.6) is 0 Å². The fraction of sp³-hybridized carbons (Fsp3) is 0.600. The molecule has 2 saturated heterocycles. The van der Waals surface area contributed by atoms with Crippen molar-refractivity contribution in [3.63, 3.8) is 0 Å². The van der Waals surface area contributed by atoms with E-state index in [1.807, 2.05) is 5.92 Å². The number of phosphoric acid groups is 1. The average molecular weight is 788 g/mol. The van der Waals surface area contributed by atoms with Crippen LogP contribution in [0.25, 0.3) is 11.2 Å². The van der Waals surface area contributed by atoms with Gasteiger partial charge in [0.15, 0.2) is 41.7 Å². The van der Waals surface area contributed by atoms with Crippen molar-refractivity contribution in [2.45, 2.75) is 81.7 Å². The van der Waals surface area contributed by atoms with Gasteiger partial charge in [-0.05, 0) is 0 Å². The van der Waals surface area contributed by atoms with Gasteiger partial charge in [0.25, 0.3) is 0 Å². The molecule has 51 heavy (non-hydrogen) atoms. The molecule has 2 aliphatic heterocycles. The molecule has 26 heteroatoms. The quantitative estimate of drug-likeness (QED) is 0.0470. The lowest BCUT2D eigenvalue weighted by Crippen LogP contribution is -2.63. The van der Waals surface area contributed by atoms with E-state index in [0.717, 1.165) is 38.0 Å². The zero-order chi connectivity index (χ0) is 38.1. The Labute approximate surface area is 291 Å².